The second-order valence-electron chi connectivity index (χ2n) is 4.84. The van der Waals surface area contributed by atoms with Crippen molar-refractivity contribution in [3.8, 4) is 0 Å². The standard InChI is InChI=1S/C17H19ClFN/c1-2-17(14-5-9-16(19)10-6-14)20-12-11-13-3-7-15(18)8-4-13/h3-10,17,20H,2,11-12H2,1H3. The molecule has 0 spiro atoms. The smallest absolute Gasteiger partial charge is 0.123 e. The van der Waals surface area contributed by atoms with Crippen molar-refractivity contribution in [2.45, 2.75) is 25.8 Å². The molecule has 0 aliphatic heterocycles. The molecule has 20 heavy (non-hydrogen) atoms. The van der Waals surface area contributed by atoms with Gasteiger partial charge in [-0.15, -0.1) is 0 Å². The molecule has 1 N–H and O–H groups in total. The first kappa shape index (κ1) is 15.0. The van der Waals surface area contributed by atoms with E-state index in [2.05, 4.69) is 12.2 Å². The Kier molecular flexibility index (Phi) is 5.57. The number of hydrogen-bond acceptors (Lipinski definition) is 1. The zero-order chi connectivity index (χ0) is 14.4. The summed E-state index contributed by atoms with van der Waals surface area (Å²) in [6.45, 7) is 3.01. The lowest BCUT2D eigenvalue weighted by Gasteiger charge is -2.17. The minimum Gasteiger partial charge on any atom is -0.310 e. The molecule has 2 aromatic carbocycles. The zero-order valence-electron chi connectivity index (χ0n) is 11.6. The van der Waals surface area contributed by atoms with Crippen molar-refractivity contribution in [2.24, 2.45) is 0 Å². The van der Waals surface area contributed by atoms with E-state index in [-0.39, 0.29) is 11.9 Å². The minimum absolute atomic E-state index is 0.190. The molecule has 0 amide bonds. The van der Waals surface area contributed by atoms with E-state index in [1.807, 2.05) is 36.4 Å². The van der Waals surface area contributed by atoms with Crippen LogP contribution in [0, 0.1) is 5.82 Å². The molecule has 0 fully saturated rings. The third-order valence-corrected chi connectivity index (χ3v) is 3.65. The van der Waals surface area contributed by atoms with Crippen LogP contribution in [0.15, 0.2) is 48.5 Å². The molecule has 0 heterocycles. The Bertz CT molecular complexity index is 522. The second kappa shape index (κ2) is 7.41. The maximum atomic E-state index is 12.9. The van der Waals surface area contributed by atoms with Crippen LogP contribution in [0.4, 0.5) is 4.39 Å². The fraction of sp³-hybridized carbons (Fsp3) is 0.294. The minimum atomic E-state index is -0.190. The van der Waals surface area contributed by atoms with E-state index in [9.17, 15) is 4.39 Å². The summed E-state index contributed by atoms with van der Waals surface area (Å²) in [6, 6.07) is 14.9. The summed E-state index contributed by atoms with van der Waals surface area (Å²) in [5.74, 6) is -0.190. The van der Waals surface area contributed by atoms with Gasteiger partial charge in [0, 0.05) is 11.1 Å². The quantitative estimate of drug-likeness (QED) is 0.809. The van der Waals surface area contributed by atoms with E-state index in [4.69, 9.17) is 11.6 Å². The highest BCUT2D eigenvalue weighted by atomic mass is 35.5. The lowest BCUT2D eigenvalue weighted by Crippen LogP contribution is -2.23. The fourth-order valence-electron chi connectivity index (χ4n) is 2.23. The highest BCUT2D eigenvalue weighted by Gasteiger charge is 2.08. The van der Waals surface area contributed by atoms with Crippen molar-refractivity contribution >= 4 is 11.6 Å². The van der Waals surface area contributed by atoms with Gasteiger partial charge in [0.25, 0.3) is 0 Å². The van der Waals surface area contributed by atoms with Gasteiger partial charge in [-0.25, -0.2) is 4.39 Å². The summed E-state index contributed by atoms with van der Waals surface area (Å²) in [6.07, 6.45) is 1.93. The third-order valence-electron chi connectivity index (χ3n) is 3.40. The van der Waals surface area contributed by atoms with Crippen LogP contribution >= 0.6 is 11.6 Å². The SMILES string of the molecule is CCC(NCCc1ccc(Cl)cc1)c1ccc(F)cc1. The van der Waals surface area contributed by atoms with Gasteiger partial charge < -0.3 is 5.32 Å². The topological polar surface area (TPSA) is 12.0 Å². The predicted molar refractivity (Wildman–Crippen MR) is 82.6 cm³/mol. The Morgan fingerprint density at radius 2 is 1.70 bits per heavy atom. The molecule has 0 radical (unpaired) electrons. The molecule has 2 rings (SSSR count). The molecule has 1 unspecified atom stereocenters. The Morgan fingerprint density at radius 3 is 2.30 bits per heavy atom. The number of nitrogens with one attached hydrogen (secondary N) is 1. The first-order valence-corrected chi connectivity index (χ1v) is 7.30. The molecule has 0 aromatic heterocycles. The Balaban J connectivity index is 1.87. The summed E-state index contributed by atoms with van der Waals surface area (Å²) in [5, 5.41) is 4.28. The van der Waals surface area contributed by atoms with E-state index in [0.717, 1.165) is 30.0 Å². The molecule has 0 aliphatic carbocycles. The van der Waals surface area contributed by atoms with Gasteiger partial charge in [-0.2, -0.15) is 0 Å². The molecule has 2 aromatic rings. The van der Waals surface area contributed by atoms with Gasteiger partial charge in [0.05, 0.1) is 0 Å². The largest absolute Gasteiger partial charge is 0.310 e. The Hall–Kier alpha value is -1.38. The molecule has 0 saturated heterocycles. The predicted octanol–water partition coefficient (Wildman–Crippen LogP) is 4.76. The molecule has 1 atom stereocenters. The van der Waals surface area contributed by atoms with Crippen LogP contribution in [0.3, 0.4) is 0 Å². The zero-order valence-corrected chi connectivity index (χ0v) is 12.3. The third kappa shape index (κ3) is 4.32. The fourth-order valence-corrected chi connectivity index (χ4v) is 2.36. The average molecular weight is 292 g/mol. The molecule has 1 nitrogen and oxygen atoms in total. The van der Waals surface area contributed by atoms with Crippen molar-refractivity contribution in [3.63, 3.8) is 0 Å². The molecular weight excluding hydrogens is 273 g/mol. The summed E-state index contributed by atoms with van der Waals surface area (Å²) in [5.41, 5.74) is 2.39. The molecule has 106 valence electrons. The van der Waals surface area contributed by atoms with Gasteiger partial charge in [0.1, 0.15) is 5.82 Å². The van der Waals surface area contributed by atoms with E-state index in [0.29, 0.717) is 0 Å². The first-order valence-electron chi connectivity index (χ1n) is 6.92. The summed E-state index contributed by atoms with van der Waals surface area (Å²) in [7, 11) is 0. The highest BCUT2D eigenvalue weighted by molar-refractivity contribution is 6.30. The van der Waals surface area contributed by atoms with E-state index >= 15 is 0 Å². The van der Waals surface area contributed by atoms with Crippen LogP contribution < -0.4 is 5.32 Å². The lowest BCUT2D eigenvalue weighted by atomic mass is 10.0. The van der Waals surface area contributed by atoms with Crippen LogP contribution in [-0.4, -0.2) is 6.54 Å². The van der Waals surface area contributed by atoms with Crippen LogP contribution in [0.1, 0.15) is 30.5 Å². The van der Waals surface area contributed by atoms with Crippen molar-refractivity contribution in [2.75, 3.05) is 6.54 Å². The monoisotopic (exact) mass is 291 g/mol. The van der Waals surface area contributed by atoms with Crippen LogP contribution in [-0.2, 0) is 6.42 Å². The molecule has 3 heteroatoms. The van der Waals surface area contributed by atoms with Gasteiger partial charge >= 0.3 is 0 Å². The number of benzene rings is 2. The number of halogens is 2. The van der Waals surface area contributed by atoms with Gasteiger partial charge in [0.2, 0.25) is 0 Å². The molecule has 0 aliphatic rings. The van der Waals surface area contributed by atoms with Crippen molar-refractivity contribution in [1.29, 1.82) is 0 Å². The summed E-state index contributed by atoms with van der Waals surface area (Å²) >= 11 is 5.87. The van der Waals surface area contributed by atoms with E-state index < -0.39 is 0 Å². The maximum absolute atomic E-state index is 12.9. The van der Waals surface area contributed by atoms with Crippen LogP contribution in [0.25, 0.3) is 0 Å². The van der Waals surface area contributed by atoms with Crippen LogP contribution in [0.5, 0.6) is 0 Å². The van der Waals surface area contributed by atoms with Crippen LogP contribution in [0.2, 0.25) is 5.02 Å². The number of rotatable bonds is 6. The lowest BCUT2D eigenvalue weighted by molar-refractivity contribution is 0.521. The molecular formula is C17H19ClFN. The van der Waals surface area contributed by atoms with Gasteiger partial charge in [-0.05, 0) is 54.8 Å². The average Bonchev–Trinajstić information content (AvgIpc) is 2.47. The molecule has 0 saturated carbocycles. The molecule has 0 bridgehead atoms. The highest BCUT2D eigenvalue weighted by Crippen LogP contribution is 2.17. The van der Waals surface area contributed by atoms with Gasteiger partial charge in [-0.3, -0.25) is 0 Å². The Morgan fingerprint density at radius 1 is 1.05 bits per heavy atom. The number of hydrogen-bond donors (Lipinski definition) is 1. The summed E-state index contributed by atoms with van der Waals surface area (Å²) < 4.78 is 12.9. The van der Waals surface area contributed by atoms with Crippen molar-refractivity contribution < 1.29 is 4.39 Å². The van der Waals surface area contributed by atoms with Gasteiger partial charge in [-0.1, -0.05) is 42.8 Å². The normalized spacial score (nSPS) is 12.3. The van der Waals surface area contributed by atoms with Crippen molar-refractivity contribution in [3.05, 3.63) is 70.5 Å². The first-order chi connectivity index (χ1) is 9.69. The van der Waals surface area contributed by atoms with Crippen molar-refractivity contribution in [1.82, 2.24) is 5.32 Å². The summed E-state index contributed by atoms with van der Waals surface area (Å²) in [4.78, 5) is 0. The van der Waals surface area contributed by atoms with Gasteiger partial charge in [0.15, 0.2) is 0 Å². The van der Waals surface area contributed by atoms with E-state index in [1.54, 1.807) is 0 Å². The maximum Gasteiger partial charge on any atom is 0.123 e. The van der Waals surface area contributed by atoms with E-state index in [1.165, 1.54) is 17.7 Å². The Labute approximate surface area is 124 Å². The second-order valence-corrected chi connectivity index (χ2v) is 5.28.